The second-order valence-corrected chi connectivity index (χ2v) is 4.33. The normalized spacial score (nSPS) is 10.2. The Labute approximate surface area is 103 Å². The molecule has 0 amide bonds. The van der Waals surface area contributed by atoms with Crippen LogP contribution in [-0.4, -0.2) is 17.3 Å². The Balaban J connectivity index is 1.96. The number of nitrogens with two attached hydrogens (primary N) is 1. The number of nitrogens with zero attached hydrogens (tertiary/aromatic N) is 2. The van der Waals surface area contributed by atoms with Crippen LogP contribution in [0.4, 0.5) is 0 Å². The van der Waals surface area contributed by atoms with E-state index in [-0.39, 0.29) is 0 Å². The van der Waals surface area contributed by atoms with Gasteiger partial charge in [0.2, 0.25) is 0 Å². The number of rotatable bonds is 5. The minimum atomic E-state index is 0.389. The highest BCUT2D eigenvalue weighted by Crippen LogP contribution is 2.19. The summed E-state index contributed by atoms with van der Waals surface area (Å²) < 4.78 is 10.6. The SMILES string of the molecule is COc1cccc(COc2nnc(CN)s2)c1. The van der Waals surface area contributed by atoms with Gasteiger partial charge in [-0.15, -0.1) is 5.10 Å². The summed E-state index contributed by atoms with van der Waals surface area (Å²) in [6.45, 7) is 0.830. The van der Waals surface area contributed by atoms with Crippen LogP contribution in [0.2, 0.25) is 0 Å². The maximum Gasteiger partial charge on any atom is 0.294 e. The summed E-state index contributed by atoms with van der Waals surface area (Å²) in [5, 5.41) is 9.06. The van der Waals surface area contributed by atoms with Crippen LogP contribution >= 0.6 is 11.3 Å². The number of ether oxygens (including phenoxy) is 2. The number of methoxy groups -OCH3 is 1. The van der Waals surface area contributed by atoms with Gasteiger partial charge in [0, 0.05) is 6.54 Å². The zero-order valence-electron chi connectivity index (χ0n) is 9.42. The van der Waals surface area contributed by atoms with E-state index in [4.69, 9.17) is 15.2 Å². The Kier molecular flexibility index (Phi) is 3.89. The molecule has 1 heterocycles. The van der Waals surface area contributed by atoms with E-state index in [0.717, 1.165) is 16.3 Å². The Hall–Kier alpha value is -1.66. The molecular formula is C11H13N3O2S. The molecule has 0 saturated carbocycles. The standard InChI is InChI=1S/C11H13N3O2S/c1-15-9-4-2-3-8(5-9)7-16-11-14-13-10(6-12)17-11/h2-5H,6-7,12H2,1H3. The van der Waals surface area contributed by atoms with Crippen LogP contribution in [0.5, 0.6) is 10.9 Å². The molecule has 17 heavy (non-hydrogen) atoms. The Morgan fingerprint density at radius 2 is 2.24 bits per heavy atom. The molecule has 2 rings (SSSR count). The highest BCUT2D eigenvalue weighted by Gasteiger charge is 2.04. The first kappa shape index (κ1) is 11.8. The molecule has 1 aromatic carbocycles. The van der Waals surface area contributed by atoms with Gasteiger partial charge in [-0.05, 0) is 17.7 Å². The lowest BCUT2D eigenvalue weighted by Gasteiger charge is -2.04. The molecule has 0 atom stereocenters. The smallest absolute Gasteiger partial charge is 0.294 e. The fourth-order valence-corrected chi connectivity index (χ4v) is 1.85. The van der Waals surface area contributed by atoms with Crippen molar-refractivity contribution in [2.24, 2.45) is 5.73 Å². The van der Waals surface area contributed by atoms with Crippen LogP contribution in [0, 0.1) is 0 Å². The summed E-state index contributed by atoms with van der Waals surface area (Å²) >= 11 is 1.36. The molecule has 0 radical (unpaired) electrons. The maximum atomic E-state index is 5.51. The number of hydrogen-bond donors (Lipinski definition) is 1. The molecule has 0 aliphatic rings. The van der Waals surface area contributed by atoms with Crippen LogP contribution in [0.15, 0.2) is 24.3 Å². The average molecular weight is 251 g/mol. The predicted octanol–water partition coefficient (Wildman–Crippen LogP) is 1.58. The van der Waals surface area contributed by atoms with E-state index in [2.05, 4.69) is 10.2 Å². The van der Waals surface area contributed by atoms with Crippen molar-refractivity contribution in [3.05, 3.63) is 34.8 Å². The summed E-state index contributed by atoms with van der Waals surface area (Å²) in [5.74, 6) is 0.811. The van der Waals surface area contributed by atoms with Crippen molar-refractivity contribution in [3.63, 3.8) is 0 Å². The van der Waals surface area contributed by atoms with Crippen LogP contribution in [0.25, 0.3) is 0 Å². The van der Waals surface area contributed by atoms with Gasteiger partial charge in [-0.2, -0.15) is 0 Å². The zero-order chi connectivity index (χ0) is 12.1. The van der Waals surface area contributed by atoms with Crippen molar-refractivity contribution in [1.29, 1.82) is 0 Å². The first-order chi connectivity index (χ1) is 8.31. The highest BCUT2D eigenvalue weighted by atomic mass is 32.1. The van der Waals surface area contributed by atoms with Gasteiger partial charge in [0.1, 0.15) is 17.4 Å². The summed E-state index contributed by atoms with van der Waals surface area (Å²) in [5.41, 5.74) is 6.47. The van der Waals surface area contributed by atoms with Crippen molar-refractivity contribution < 1.29 is 9.47 Å². The van der Waals surface area contributed by atoms with Gasteiger partial charge < -0.3 is 15.2 Å². The Bertz CT molecular complexity index is 487. The first-order valence-electron chi connectivity index (χ1n) is 5.10. The maximum absolute atomic E-state index is 5.51. The van der Waals surface area contributed by atoms with Crippen molar-refractivity contribution in [3.8, 4) is 10.9 Å². The van der Waals surface area contributed by atoms with Gasteiger partial charge in [0.25, 0.3) is 5.19 Å². The largest absolute Gasteiger partial charge is 0.497 e. The molecular weight excluding hydrogens is 238 g/mol. The summed E-state index contributed by atoms with van der Waals surface area (Å²) in [6.07, 6.45) is 0. The van der Waals surface area contributed by atoms with E-state index in [1.54, 1.807) is 7.11 Å². The van der Waals surface area contributed by atoms with Crippen LogP contribution in [-0.2, 0) is 13.2 Å². The van der Waals surface area contributed by atoms with Gasteiger partial charge >= 0.3 is 0 Å². The zero-order valence-corrected chi connectivity index (χ0v) is 10.2. The third kappa shape index (κ3) is 3.15. The molecule has 0 saturated heterocycles. The van der Waals surface area contributed by atoms with Crippen LogP contribution in [0.3, 0.4) is 0 Å². The molecule has 2 N–H and O–H groups in total. The van der Waals surface area contributed by atoms with E-state index in [1.807, 2.05) is 24.3 Å². The first-order valence-corrected chi connectivity index (χ1v) is 5.91. The molecule has 0 aliphatic heterocycles. The summed E-state index contributed by atoms with van der Waals surface area (Å²) in [6, 6.07) is 7.70. The van der Waals surface area contributed by atoms with Crippen LogP contribution in [0.1, 0.15) is 10.6 Å². The minimum absolute atomic E-state index is 0.389. The van der Waals surface area contributed by atoms with E-state index in [9.17, 15) is 0 Å². The van der Waals surface area contributed by atoms with Crippen molar-refractivity contribution in [2.45, 2.75) is 13.2 Å². The van der Waals surface area contributed by atoms with E-state index < -0.39 is 0 Å². The Morgan fingerprint density at radius 3 is 2.94 bits per heavy atom. The molecule has 0 unspecified atom stereocenters. The number of hydrogen-bond acceptors (Lipinski definition) is 6. The minimum Gasteiger partial charge on any atom is -0.497 e. The number of benzene rings is 1. The fraction of sp³-hybridized carbons (Fsp3) is 0.273. The average Bonchev–Trinajstić information content (AvgIpc) is 2.84. The van der Waals surface area contributed by atoms with Gasteiger partial charge in [0.05, 0.1) is 7.11 Å². The van der Waals surface area contributed by atoms with Gasteiger partial charge in [-0.3, -0.25) is 0 Å². The van der Waals surface area contributed by atoms with E-state index in [0.29, 0.717) is 18.3 Å². The molecule has 0 fully saturated rings. The van der Waals surface area contributed by atoms with Crippen molar-refractivity contribution in [2.75, 3.05) is 7.11 Å². The molecule has 0 aliphatic carbocycles. The second kappa shape index (κ2) is 5.60. The van der Waals surface area contributed by atoms with Gasteiger partial charge in [-0.1, -0.05) is 28.6 Å². The van der Waals surface area contributed by atoms with Gasteiger partial charge in [-0.25, -0.2) is 0 Å². The summed E-state index contributed by atoms with van der Waals surface area (Å²) in [4.78, 5) is 0. The molecule has 5 nitrogen and oxygen atoms in total. The lowest BCUT2D eigenvalue weighted by molar-refractivity contribution is 0.301. The third-order valence-corrected chi connectivity index (χ3v) is 2.98. The quantitative estimate of drug-likeness (QED) is 0.873. The molecule has 1 aromatic heterocycles. The fourth-order valence-electron chi connectivity index (χ4n) is 1.29. The number of aromatic nitrogens is 2. The predicted molar refractivity (Wildman–Crippen MR) is 65.1 cm³/mol. The van der Waals surface area contributed by atoms with E-state index in [1.165, 1.54) is 11.3 Å². The summed E-state index contributed by atoms with van der Waals surface area (Å²) in [7, 11) is 1.64. The van der Waals surface area contributed by atoms with Crippen LogP contribution < -0.4 is 15.2 Å². The van der Waals surface area contributed by atoms with Crippen molar-refractivity contribution in [1.82, 2.24) is 10.2 Å². The lowest BCUT2D eigenvalue weighted by Crippen LogP contribution is -1.95. The second-order valence-electron chi connectivity index (χ2n) is 3.31. The van der Waals surface area contributed by atoms with E-state index >= 15 is 0 Å². The third-order valence-electron chi connectivity index (χ3n) is 2.12. The molecule has 2 aromatic rings. The molecule has 6 heteroatoms. The monoisotopic (exact) mass is 251 g/mol. The molecule has 0 bridgehead atoms. The van der Waals surface area contributed by atoms with Gasteiger partial charge in [0.15, 0.2) is 0 Å². The topological polar surface area (TPSA) is 70.3 Å². The van der Waals surface area contributed by atoms with Crippen molar-refractivity contribution >= 4 is 11.3 Å². The lowest BCUT2D eigenvalue weighted by atomic mass is 10.2. The Morgan fingerprint density at radius 1 is 1.35 bits per heavy atom. The molecule has 0 spiro atoms. The highest BCUT2D eigenvalue weighted by molar-refractivity contribution is 7.13. The molecule has 90 valence electrons.